The van der Waals surface area contributed by atoms with Gasteiger partial charge >= 0.3 is 0 Å². The van der Waals surface area contributed by atoms with E-state index in [1.54, 1.807) is 23.5 Å². The number of carbonyl (C=O) groups is 2. The van der Waals surface area contributed by atoms with E-state index in [1.165, 1.54) is 11.3 Å². The number of amides is 2. The predicted octanol–water partition coefficient (Wildman–Crippen LogP) is -0.507. The molecule has 0 saturated carbocycles. The predicted molar refractivity (Wildman–Crippen MR) is 81.6 cm³/mol. The Kier molecular flexibility index (Phi) is 4.42. The highest BCUT2D eigenvalue weighted by atomic mass is 32.1. The highest BCUT2D eigenvalue weighted by Gasteiger charge is 2.39. The number of hydrogen-bond acceptors (Lipinski definition) is 6. The molecule has 1 aromatic heterocycles. The van der Waals surface area contributed by atoms with Gasteiger partial charge in [-0.15, -0.1) is 11.3 Å². The molecular formula is C14H20N4O3S. The molecular weight excluding hydrogens is 304 g/mol. The molecule has 3 heterocycles. The average Bonchev–Trinajstić information content (AvgIpc) is 3.16. The SMILES string of the molecule is CC(=O)N1CCN([C@@H]2CN(C(=O)c3cncs3)C[C@H]2O)CC1. The number of nitrogens with zero attached hydrogens (tertiary/aromatic N) is 4. The van der Waals surface area contributed by atoms with Gasteiger partial charge in [0, 0.05) is 46.2 Å². The molecule has 3 rings (SSSR count). The van der Waals surface area contributed by atoms with Gasteiger partial charge in [-0.05, 0) is 0 Å². The molecule has 2 atom stereocenters. The van der Waals surface area contributed by atoms with Gasteiger partial charge in [0.15, 0.2) is 0 Å². The summed E-state index contributed by atoms with van der Waals surface area (Å²) in [4.78, 5) is 33.9. The van der Waals surface area contributed by atoms with Crippen LogP contribution in [-0.4, -0.2) is 88.0 Å². The third-order valence-electron chi connectivity index (χ3n) is 4.42. The first kappa shape index (κ1) is 15.4. The maximum absolute atomic E-state index is 12.3. The molecule has 2 amide bonds. The zero-order valence-electron chi connectivity index (χ0n) is 12.5. The summed E-state index contributed by atoms with van der Waals surface area (Å²) in [6.45, 7) is 5.30. The Balaban J connectivity index is 1.60. The lowest BCUT2D eigenvalue weighted by molar-refractivity contribution is -0.131. The van der Waals surface area contributed by atoms with Gasteiger partial charge in [0.05, 0.1) is 23.9 Å². The molecule has 1 N–H and O–H groups in total. The molecule has 1 aromatic rings. The molecule has 8 heteroatoms. The average molecular weight is 324 g/mol. The summed E-state index contributed by atoms with van der Waals surface area (Å²) in [7, 11) is 0. The van der Waals surface area contributed by atoms with Crippen molar-refractivity contribution in [2.24, 2.45) is 0 Å². The second-order valence-electron chi connectivity index (χ2n) is 5.75. The first-order valence-electron chi connectivity index (χ1n) is 7.41. The van der Waals surface area contributed by atoms with Gasteiger partial charge in [0.1, 0.15) is 4.88 Å². The van der Waals surface area contributed by atoms with Crippen LogP contribution in [0.25, 0.3) is 0 Å². The fourth-order valence-electron chi connectivity index (χ4n) is 3.14. The van der Waals surface area contributed by atoms with Crippen molar-refractivity contribution in [3.8, 4) is 0 Å². The highest BCUT2D eigenvalue weighted by molar-refractivity contribution is 7.11. The van der Waals surface area contributed by atoms with Crippen LogP contribution in [0.3, 0.4) is 0 Å². The second-order valence-corrected chi connectivity index (χ2v) is 6.64. The van der Waals surface area contributed by atoms with Crippen LogP contribution < -0.4 is 0 Å². The van der Waals surface area contributed by atoms with E-state index in [0.29, 0.717) is 31.1 Å². The Bertz CT molecular complexity index is 542. The molecule has 120 valence electrons. The fraction of sp³-hybridized carbons (Fsp3) is 0.643. The van der Waals surface area contributed by atoms with E-state index in [-0.39, 0.29) is 17.9 Å². The van der Waals surface area contributed by atoms with E-state index in [2.05, 4.69) is 9.88 Å². The number of aliphatic hydroxyl groups is 1. The van der Waals surface area contributed by atoms with Gasteiger partial charge < -0.3 is 14.9 Å². The Hall–Kier alpha value is -1.51. The van der Waals surface area contributed by atoms with Crippen molar-refractivity contribution < 1.29 is 14.7 Å². The van der Waals surface area contributed by atoms with Crippen molar-refractivity contribution >= 4 is 23.2 Å². The lowest BCUT2D eigenvalue weighted by Gasteiger charge is -2.38. The molecule has 0 spiro atoms. The van der Waals surface area contributed by atoms with Gasteiger partial charge in [0.2, 0.25) is 5.91 Å². The first-order chi connectivity index (χ1) is 10.6. The normalized spacial score (nSPS) is 26.5. The topological polar surface area (TPSA) is 77.0 Å². The minimum Gasteiger partial charge on any atom is -0.390 e. The summed E-state index contributed by atoms with van der Waals surface area (Å²) in [5.74, 6) is 0.0278. The second kappa shape index (κ2) is 6.31. The van der Waals surface area contributed by atoms with E-state index in [1.807, 2.05) is 4.90 Å². The lowest BCUT2D eigenvalue weighted by Crippen LogP contribution is -2.54. The molecule has 0 radical (unpaired) electrons. The fourth-order valence-corrected chi connectivity index (χ4v) is 3.73. The molecule has 0 aliphatic carbocycles. The molecule has 0 aromatic carbocycles. The number of β-amino-alcohol motifs (C(OH)–C–C–N with tert-alkyl or cyclic N) is 1. The van der Waals surface area contributed by atoms with Crippen LogP contribution in [0.1, 0.15) is 16.6 Å². The van der Waals surface area contributed by atoms with Gasteiger partial charge in [0.25, 0.3) is 5.91 Å². The molecule has 0 bridgehead atoms. The molecule has 2 aliphatic rings. The highest BCUT2D eigenvalue weighted by Crippen LogP contribution is 2.21. The van der Waals surface area contributed by atoms with Crippen molar-refractivity contribution in [2.75, 3.05) is 39.3 Å². The number of thiazole rings is 1. The van der Waals surface area contributed by atoms with Crippen LogP contribution in [0.15, 0.2) is 11.7 Å². The third-order valence-corrected chi connectivity index (χ3v) is 5.18. The van der Waals surface area contributed by atoms with Gasteiger partial charge in [-0.25, -0.2) is 0 Å². The Morgan fingerprint density at radius 3 is 2.55 bits per heavy atom. The van der Waals surface area contributed by atoms with Crippen molar-refractivity contribution in [3.63, 3.8) is 0 Å². The van der Waals surface area contributed by atoms with Crippen molar-refractivity contribution in [1.82, 2.24) is 19.7 Å². The third kappa shape index (κ3) is 2.99. The summed E-state index contributed by atoms with van der Waals surface area (Å²) in [6.07, 6.45) is 1.03. The zero-order chi connectivity index (χ0) is 15.7. The van der Waals surface area contributed by atoms with E-state index in [4.69, 9.17) is 0 Å². The number of rotatable bonds is 2. The summed E-state index contributed by atoms with van der Waals surface area (Å²) < 4.78 is 0. The van der Waals surface area contributed by atoms with E-state index in [0.717, 1.165) is 13.1 Å². The van der Waals surface area contributed by atoms with Crippen LogP contribution in [0.2, 0.25) is 0 Å². The number of hydrogen-bond donors (Lipinski definition) is 1. The minimum atomic E-state index is -0.541. The number of likely N-dealkylation sites (tertiary alicyclic amines) is 1. The number of carbonyl (C=O) groups excluding carboxylic acids is 2. The number of aliphatic hydroxyl groups excluding tert-OH is 1. The standard InChI is InChI=1S/C14H20N4O3S/c1-10(19)16-2-4-17(5-3-16)11-7-18(8-12(11)20)14(21)13-6-15-9-22-13/h6,9,11-12,20H,2-5,7-8H2,1H3/t11-,12-/m1/s1. The Labute approximate surface area is 133 Å². The smallest absolute Gasteiger partial charge is 0.265 e. The van der Waals surface area contributed by atoms with Crippen LogP contribution in [0.5, 0.6) is 0 Å². The van der Waals surface area contributed by atoms with Crippen molar-refractivity contribution in [3.05, 3.63) is 16.6 Å². The molecule has 2 fully saturated rings. The Morgan fingerprint density at radius 2 is 1.95 bits per heavy atom. The summed E-state index contributed by atoms with van der Waals surface area (Å²) in [6, 6.07) is -0.0500. The van der Waals surface area contributed by atoms with E-state index in [9.17, 15) is 14.7 Å². The maximum Gasteiger partial charge on any atom is 0.265 e. The van der Waals surface area contributed by atoms with Crippen molar-refractivity contribution in [2.45, 2.75) is 19.1 Å². The monoisotopic (exact) mass is 324 g/mol. The number of aromatic nitrogens is 1. The minimum absolute atomic E-state index is 0.0500. The lowest BCUT2D eigenvalue weighted by atomic mass is 10.1. The molecule has 7 nitrogen and oxygen atoms in total. The molecule has 2 aliphatic heterocycles. The zero-order valence-corrected chi connectivity index (χ0v) is 13.3. The van der Waals surface area contributed by atoms with Crippen LogP contribution in [-0.2, 0) is 4.79 Å². The van der Waals surface area contributed by atoms with Gasteiger partial charge in [-0.3, -0.25) is 19.5 Å². The molecule has 0 unspecified atom stereocenters. The summed E-state index contributed by atoms with van der Waals surface area (Å²) in [5.41, 5.74) is 1.64. The van der Waals surface area contributed by atoms with E-state index < -0.39 is 6.10 Å². The van der Waals surface area contributed by atoms with Gasteiger partial charge in [-0.1, -0.05) is 0 Å². The van der Waals surface area contributed by atoms with Crippen molar-refractivity contribution in [1.29, 1.82) is 0 Å². The van der Waals surface area contributed by atoms with Crippen LogP contribution in [0.4, 0.5) is 0 Å². The Morgan fingerprint density at radius 1 is 1.23 bits per heavy atom. The largest absolute Gasteiger partial charge is 0.390 e. The summed E-state index contributed by atoms with van der Waals surface area (Å²) >= 11 is 1.32. The first-order valence-corrected chi connectivity index (χ1v) is 8.29. The number of piperazine rings is 1. The van der Waals surface area contributed by atoms with E-state index >= 15 is 0 Å². The molecule has 2 saturated heterocycles. The molecule has 22 heavy (non-hydrogen) atoms. The summed E-state index contributed by atoms with van der Waals surface area (Å²) in [5, 5.41) is 10.3. The quantitative estimate of drug-likeness (QED) is 0.793. The van der Waals surface area contributed by atoms with Crippen LogP contribution in [0, 0.1) is 0 Å². The maximum atomic E-state index is 12.3. The van der Waals surface area contributed by atoms with Crippen LogP contribution >= 0.6 is 11.3 Å². The van der Waals surface area contributed by atoms with Gasteiger partial charge in [-0.2, -0.15) is 0 Å².